The Bertz CT molecular complexity index is 356. The Morgan fingerprint density at radius 3 is 2.87 bits per heavy atom. The van der Waals surface area contributed by atoms with E-state index in [2.05, 4.69) is 0 Å². The molecule has 0 aliphatic carbocycles. The van der Waals surface area contributed by atoms with Gasteiger partial charge in [-0.2, -0.15) is 0 Å². The molecule has 0 saturated carbocycles. The molecule has 0 radical (unpaired) electrons. The summed E-state index contributed by atoms with van der Waals surface area (Å²) in [5.74, 6) is 1.63. The molecule has 0 unspecified atom stereocenters. The van der Waals surface area contributed by atoms with Crippen LogP contribution in [0.1, 0.15) is 12.5 Å². The zero-order chi connectivity index (χ0) is 11.3. The van der Waals surface area contributed by atoms with Gasteiger partial charge in [-0.15, -0.1) is 0 Å². The molecule has 1 rings (SSSR count). The minimum atomic E-state index is 0.204. The van der Waals surface area contributed by atoms with E-state index in [9.17, 15) is 5.11 Å². The number of benzene rings is 1. The molecule has 0 spiro atoms. The van der Waals surface area contributed by atoms with Crippen LogP contribution in [0.25, 0.3) is 0 Å². The van der Waals surface area contributed by atoms with Crippen molar-refractivity contribution in [1.29, 1.82) is 0 Å². The van der Waals surface area contributed by atoms with Crippen LogP contribution in [0.2, 0.25) is 0 Å². The summed E-state index contributed by atoms with van der Waals surface area (Å²) < 4.78 is 10.4. The number of hydrogen-bond acceptors (Lipinski definition) is 3. The zero-order valence-electron chi connectivity index (χ0n) is 9.28. The van der Waals surface area contributed by atoms with Crippen molar-refractivity contribution in [3.8, 4) is 11.5 Å². The summed E-state index contributed by atoms with van der Waals surface area (Å²) in [6.07, 6.45) is 1.84. The number of hydrogen-bond donors (Lipinski definition) is 1. The molecular formula is C12H16O3. The lowest BCUT2D eigenvalue weighted by atomic mass is 10.2. The fourth-order valence-corrected chi connectivity index (χ4v) is 1.11. The van der Waals surface area contributed by atoms with E-state index < -0.39 is 0 Å². The number of phenols is 1. The highest BCUT2D eigenvalue weighted by Gasteiger charge is 2.01. The van der Waals surface area contributed by atoms with Crippen LogP contribution in [0.4, 0.5) is 0 Å². The Morgan fingerprint density at radius 2 is 2.20 bits per heavy atom. The average molecular weight is 208 g/mol. The third kappa shape index (κ3) is 3.64. The van der Waals surface area contributed by atoms with E-state index in [-0.39, 0.29) is 5.75 Å². The molecule has 0 heterocycles. The van der Waals surface area contributed by atoms with Crippen molar-refractivity contribution in [3.05, 3.63) is 35.6 Å². The van der Waals surface area contributed by atoms with Crippen molar-refractivity contribution in [2.24, 2.45) is 0 Å². The first-order valence-electron chi connectivity index (χ1n) is 4.76. The minimum absolute atomic E-state index is 0.204. The van der Waals surface area contributed by atoms with Gasteiger partial charge in [-0.1, -0.05) is 6.07 Å². The maximum atomic E-state index is 9.30. The van der Waals surface area contributed by atoms with E-state index in [1.807, 2.05) is 26.0 Å². The maximum absolute atomic E-state index is 9.30. The predicted molar refractivity (Wildman–Crippen MR) is 59.1 cm³/mol. The van der Waals surface area contributed by atoms with Gasteiger partial charge < -0.3 is 14.6 Å². The lowest BCUT2D eigenvalue weighted by molar-refractivity contribution is 0.230. The van der Waals surface area contributed by atoms with Crippen molar-refractivity contribution < 1.29 is 14.6 Å². The monoisotopic (exact) mass is 208 g/mol. The van der Waals surface area contributed by atoms with E-state index >= 15 is 0 Å². The Hall–Kier alpha value is -1.48. The van der Waals surface area contributed by atoms with Crippen molar-refractivity contribution in [3.63, 3.8) is 0 Å². The van der Waals surface area contributed by atoms with Gasteiger partial charge in [0.25, 0.3) is 0 Å². The molecule has 0 saturated heterocycles. The number of ether oxygens (including phenoxy) is 2. The largest absolute Gasteiger partial charge is 0.508 e. The molecule has 0 aliphatic heterocycles. The molecule has 0 fully saturated rings. The summed E-state index contributed by atoms with van der Waals surface area (Å²) in [6.45, 7) is 4.30. The second-order valence-electron chi connectivity index (χ2n) is 3.32. The molecule has 0 bridgehead atoms. The van der Waals surface area contributed by atoms with E-state index in [4.69, 9.17) is 9.47 Å². The summed E-state index contributed by atoms with van der Waals surface area (Å²) in [6, 6.07) is 5.05. The van der Waals surface area contributed by atoms with E-state index in [0.717, 1.165) is 11.3 Å². The molecule has 1 aromatic carbocycles. The van der Waals surface area contributed by atoms with Crippen LogP contribution in [0, 0.1) is 6.92 Å². The van der Waals surface area contributed by atoms with Crippen LogP contribution in [-0.2, 0) is 4.74 Å². The number of allylic oxidation sites excluding steroid dienone is 1. The fraction of sp³-hybridized carbons (Fsp3) is 0.333. The number of aryl methyl sites for hydroxylation is 1. The Labute approximate surface area is 90.0 Å². The topological polar surface area (TPSA) is 38.7 Å². The van der Waals surface area contributed by atoms with Gasteiger partial charge in [0, 0.05) is 13.2 Å². The third-order valence-corrected chi connectivity index (χ3v) is 1.98. The Morgan fingerprint density at radius 1 is 1.47 bits per heavy atom. The van der Waals surface area contributed by atoms with Crippen LogP contribution in [-0.4, -0.2) is 18.8 Å². The maximum Gasteiger partial charge on any atom is 0.133 e. The van der Waals surface area contributed by atoms with E-state index in [1.54, 1.807) is 19.2 Å². The molecule has 0 amide bonds. The molecule has 0 atom stereocenters. The van der Waals surface area contributed by atoms with Crippen molar-refractivity contribution in [1.82, 2.24) is 0 Å². The normalized spacial score (nSPS) is 11.5. The molecule has 0 aliphatic rings. The number of aromatic hydroxyl groups is 1. The predicted octanol–water partition coefficient (Wildman–Crippen LogP) is 2.63. The number of phenolic OH excluding ortho intramolecular Hbond substituents is 1. The summed E-state index contributed by atoms with van der Waals surface area (Å²) in [4.78, 5) is 0. The number of methoxy groups -OCH3 is 1. The molecule has 0 aromatic heterocycles. The second-order valence-corrected chi connectivity index (χ2v) is 3.32. The van der Waals surface area contributed by atoms with E-state index in [0.29, 0.717) is 12.4 Å². The van der Waals surface area contributed by atoms with Crippen molar-refractivity contribution in [2.75, 3.05) is 13.7 Å². The van der Waals surface area contributed by atoms with E-state index in [1.165, 1.54) is 0 Å². The van der Waals surface area contributed by atoms with Gasteiger partial charge in [-0.05, 0) is 31.6 Å². The molecule has 3 heteroatoms. The Balaban J connectivity index is 2.75. The van der Waals surface area contributed by atoms with Gasteiger partial charge in [0.15, 0.2) is 0 Å². The smallest absolute Gasteiger partial charge is 0.133 e. The van der Waals surface area contributed by atoms with Crippen molar-refractivity contribution in [2.45, 2.75) is 13.8 Å². The summed E-state index contributed by atoms with van der Waals surface area (Å²) in [7, 11) is 1.63. The van der Waals surface area contributed by atoms with Crippen LogP contribution in [0.3, 0.4) is 0 Å². The van der Waals surface area contributed by atoms with Gasteiger partial charge in [0.05, 0.1) is 12.4 Å². The quantitative estimate of drug-likeness (QED) is 0.773. The first-order chi connectivity index (χ1) is 7.13. The molecule has 1 aromatic rings. The standard InChI is InChI=1S/C12H16O3/c1-9-4-5-11(13)8-12(9)15-10(2)6-7-14-3/h4-6,8,13H,7H2,1-3H3/b10-6+. The zero-order valence-corrected chi connectivity index (χ0v) is 9.28. The summed E-state index contributed by atoms with van der Waals surface area (Å²) in [5.41, 5.74) is 0.984. The van der Waals surface area contributed by atoms with Gasteiger partial charge in [0.2, 0.25) is 0 Å². The van der Waals surface area contributed by atoms with Gasteiger partial charge in [-0.25, -0.2) is 0 Å². The van der Waals surface area contributed by atoms with Gasteiger partial charge in [-0.3, -0.25) is 0 Å². The molecule has 1 N–H and O–H groups in total. The first-order valence-corrected chi connectivity index (χ1v) is 4.76. The first kappa shape index (κ1) is 11.6. The molecular weight excluding hydrogens is 192 g/mol. The SMILES string of the molecule is COC/C=C(\C)Oc1cc(O)ccc1C. The lowest BCUT2D eigenvalue weighted by Gasteiger charge is -2.09. The Kier molecular flexibility index (Phi) is 4.18. The van der Waals surface area contributed by atoms with Crippen LogP contribution >= 0.6 is 0 Å². The van der Waals surface area contributed by atoms with Gasteiger partial charge >= 0.3 is 0 Å². The summed E-state index contributed by atoms with van der Waals surface area (Å²) in [5, 5.41) is 9.30. The van der Waals surface area contributed by atoms with Crippen LogP contribution in [0.15, 0.2) is 30.0 Å². The average Bonchev–Trinajstić information content (AvgIpc) is 2.20. The fourth-order valence-electron chi connectivity index (χ4n) is 1.11. The highest BCUT2D eigenvalue weighted by molar-refractivity contribution is 5.39. The molecule has 82 valence electrons. The molecule has 3 nitrogen and oxygen atoms in total. The second kappa shape index (κ2) is 5.41. The van der Waals surface area contributed by atoms with Crippen LogP contribution < -0.4 is 4.74 Å². The third-order valence-electron chi connectivity index (χ3n) is 1.98. The van der Waals surface area contributed by atoms with Crippen molar-refractivity contribution >= 4 is 0 Å². The number of rotatable bonds is 4. The highest BCUT2D eigenvalue weighted by Crippen LogP contribution is 2.24. The van der Waals surface area contributed by atoms with Gasteiger partial charge in [0.1, 0.15) is 11.5 Å². The molecule has 15 heavy (non-hydrogen) atoms. The minimum Gasteiger partial charge on any atom is -0.508 e. The lowest BCUT2D eigenvalue weighted by Crippen LogP contribution is -1.95. The highest BCUT2D eigenvalue weighted by atomic mass is 16.5. The van der Waals surface area contributed by atoms with Crippen LogP contribution in [0.5, 0.6) is 11.5 Å². The summed E-state index contributed by atoms with van der Waals surface area (Å²) >= 11 is 0.